The molecule has 3 rings (SSSR count). The Morgan fingerprint density at radius 2 is 2.00 bits per heavy atom. The highest BCUT2D eigenvalue weighted by molar-refractivity contribution is 5.13. The van der Waals surface area contributed by atoms with Gasteiger partial charge in [0.2, 0.25) is 0 Å². The highest BCUT2D eigenvalue weighted by atomic mass is 16.5. The second kappa shape index (κ2) is 5.58. The SMILES string of the molecule is CCO[C@@H]1C[C@H](N[C@@H]2C[C@@H](C)N(C)C[C@@H]2C)C12CCC2. The van der Waals surface area contributed by atoms with E-state index in [1.165, 1.54) is 38.6 Å². The van der Waals surface area contributed by atoms with Gasteiger partial charge in [-0.1, -0.05) is 13.3 Å². The summed E-state index contributed by atoms with van der Waals surface area (Å²) in [5, 5.41) is 4.03. The van der Waals surface area contributed by atoms with Gasteiger partial charge < -0.3 is 15.0 Å². The van der Waals surface area contributed by atoms with Crippen molar-refractivity contribution in [2.24, 2.45) is 11.3 Å². The Bertz CT molecular complexity index is 342. The van der Waals surface area contributed by atoms with Crippen molar-refractivity contribution in [2.75, 3.05) is 20.2 Å². The van der Waals surface area contributed by atoms with Gasteiger partial charge in [-0.15, -0.1) is 0 Å². The maximum Gasteiger partial charge on any atom is 0.0661 e. The number of likely N-dealkylation sites (tertiary alicyclic amines) is 1. The molecule has 0 unspecified atom stereocenters. The molecule has 0 bridgehead atoms. The molecule has 2 aliphatic carbocycles. The van der Waals surface area contributed by atoms with Crippen molar-refractivity contribution in [3.8, 4) is 0 Å². The van der Waals surface area contributed by atoms with E-state index in [4.69, 9.17) is 4.74 Å². The lowest BCUT2D eigenvalue weighted by molar-refractivity contribution is -0.176. The number of hydrogen-bond donors (Lipinski definition) is 1. The van der Waals surface area contributed by atoms with Crippen LogP contribution in [0.4, 0.5) is 0 Å². The van der Waals surface area contributed by atoms with E-state index in [1.54, 1.807) is 0 Å². The summed E-state index contributed by atoms with van der Waals surface area (Å²) in [6, 6.07) is 2.13. The smallest absolute Gasteiger partial charge is 0.0661 e. The number of piperidine rings is 1. The summed E-state index contributed by atoms with van der Waals surface area (Å²) >= 11 is 0. The summed E-state index contributed by atoms with van der Waals surface area (Å²) in [6.07, 6.45) is 7.24. The van der Waals surface area contributed by atoms with Crippen LogP contribution < -0.4 is 5.32 Å². The molecule has 3 nitrogen and oxygen atoms in total. The minimum Gasteiger partial charge on any atom is -0.378 e. The van der Waals surface area contributed by atoms with E-state index in [1.807, 2.05) is 0 Å². The number of ether oxygens (including phenoxy) is 1. The van der Waals surface area contributed by atoms with E-state index in [9.17, 15) is 0 Å². The number of nitrogens with one attached hydrogen (secondary N) is 1. The van der Waals surface area contributed by atoms with Gasteiger partial charge in [0, 0.05) is 36.7 Å². The van der Waals surface area contributed by atoms with Crippen LogP contribution in [0.15, 0.2) is 0 Å². The minimum atomic E-state index is 0.502. The molecule has 3 aliphatic rings. The van der Waals surface area contributed by atoms with Crippen LogP contribution in [0.25, 0.3) is 0 Å². The van der Waals surface area contributed by atoms with Crippen molar-refractivity contribution >= 4 is 0 Å². The largest absolute Gasteiger partial charge is 0.378 e. The van der Waals surface area contributed by atoms with Crippen molar-refractivity contribution in [2.45, 2.75) is 77.1 Å². The fourth-order valence-electron chi connectivity index (χ4n) is 4.70. The molecule has 1 spiro atoms. The standard InChI is InChI=1S/C17H32N2O/c1-5-20-16-10-15(17(16)7-6-8-17)18-14-9-13(3)19(4)11-12(14)2/h12-16,18H,5-11H2,1-4H3/t12-,13+,14+,15-,16+/m0/s1. The fraction of sp³-hybridized carbons (Fsp3) is 1.00. The summed E-state index contributed by atoms with van der Waals surface area (Å²) in [6.45, 7) is 9.01. The maximum absolute atomic E-state index is 5.97. The van der Waals surface area contributed by atoms with Gasteiger partial charge in [0.25, 0.3) is 0 Å². The fourth-order valence-corrected chi connectivity index (χ4v) is 4.70. The van der Waals surface area contributed by atoms with Gasteiger partial charge in [-0.25, -0.2) is 0 Å². The van der Waals surface area contributed by atoms with E-state index in [0.29, 0.717) is 23.6 Å². The van der Waals surface area contributed by atoms with Gasteiger partial charge in [-0.3, -0.25) is 0 Å². The van der Waals surface area contributed by atoms with E-state index >= 15 is 0 Å². The second-order valence-corrected chi connectivity index (χ2v) is 7.59. The molecule has 1 N–H and O–H groups in total. The molecule has 0 radical (unpaired) electrons. The maximum atomic E-state index is 5.97. The average Bonchev–Trinajstić information content (AvgIpc) is 2.32. The third-order valence-corrected chi connectivity index (χ3v) is 6.46. The molecule has 2 saturated carbocycles. The first-order valence-electron chi connectivity index (χ1n) is 8.64. The lowest BCUT2D eigenvalue weighted by atomic mass is 9.50. The molecule has 0 aromatic carbocycles. The second-order valence-electron chi connectivity index (χ2n) is 7.59. The molecule has 0 aromatic rings. The van der Waals surface area contributed by atoms with Crippen LogP contribution in [0.2, 0.25) is 0 Å². The van der Waals surface area contributed by atoms with E-state index in [0.717, 1.165) is 18.6 Å². The first-order chi connectivity index (χ1) is 9.56. The third-order valence-electron chi connectivity index (χ3n) is 6.46. The molecule has 3 fully saturated rings. The van der Waals surface area contributed by atoms with Crippen LogP contribution in [0, 0.1) is 11.3 Å². The lowest BCUT2D eigenvalue weighted by Crippen LogP contribution is -2.69. The quantitative estimate of drug-likeness (QED) is 0.857. The summed E-state index contributed by atoms with van der Waals surface area (Å²) in [5.74, 6) is 0.763. The van der Waals surface area contributed by atoms with Crippen LogP contribution in [0.5, 0.6) is 0 Å². The first-order valence-corrected chi connectivity index (χ1v) is 8.64. The molecule has 3 heteroatoms. The Labute approximate surface area is 124 Å². The van der Waals surface area contributed by atoms with Gasteiger partial charge in [-0.05, 0) is 52.5 Å². The van der Waals surface area contributed by atoms with Crippen molar-refractivity contribution in [3.05, 3.63) is 0 Å². The highest BCUT2D eigenvalue weighted by Crippen LogP contribution is 2.57. The van der Waals surface area contributed by atoms with Crippen molar-refractivity contribution < 1.29 is 4.74 Å². The Kier molecular flexibility index (Phi) is 4.13. The zero-order valence-electron chi connectivity index (χ0n) is 13.7. The van der Waals surface area contributed by atoms with Crippen LogP contribution >= 0.6 is 0 Å². The molecule has 1 heterocycles. The summed E-state index contributed by atoms with van der Waals surface area (Å²) in [7, 11) is 2.26. The van der Waals surface area contributed by atoms with Gasteiger partial charge in [0.05, 0.1) is 6.10 Å². The Morgan fingerprint density at radius 3 is 2.60 bits per heavy atom. The zero-order chi connectivity index (χ0) is 14.3. The molecule has 116 valence electrons. The molecular formula is C17H32N2O. The van der Waals surface area contributed by atoms with Crippen molar-refractivity contribution in [1.29, 1.82) is 0 Å². The van der Waals surface area contributed by atoms with Gasteiger partial charge in [0.1, 0.15) is 0 Å². The molecule has 0 aromatic heterocycles. The van der Waals surface area contributed by atoms with Crippen molar-refractivity contribution in [3.63, 3.8) is 0 Å². The molecule has 0 amide bonds. The van der Waals surface area contributed by atoms with Crippen LogP contribution in [-0.4, -0.2) is 49.3 Å². The van der Waals surface area contributed by atoms with E-state index < -0.39 is 0 Å². The van der Waals surface area contributed by atoms with Crippen LogP contribution in [-0.2, 0) is 4.74 Å². The molecule has 20 heavy (non-hydrogen) atoms. The van der Waals surface area contributed by atoms with Crippen LogP contribution in [0.3, 0.4) is 0 Å². The Balaban J connectivity index is 1.58. The number of rotatable bonds is 4. The van der Waals surface area contributed by atoms with Crippen LogP contribution in [0.1, 0.15) is 52.9 Å². The summed E-state index contributed by atoms with van der Waals surface area (Å²) < 4.78 is 5.97. The van der Waals surface area contributed by atoms with Gasteiger partial charge in [0.15, 0.2) is 0 Å². The topological polar surface area (TPSA) is 24.5 Å². The number of nitrogens with zero attached hydrogens (tertiary/aromatic N) is 1. The van der Waals surface area contributed by atoms with E-state index in [2.05, 4.69) is 38.0 Å². The predicted molar refractivity (Wildman–Crippen MR) is 82.9 cm³/mol. The van der Waals surface area contributed by atoms with E-state index in [-0.39, 0.29) is 0 Å². The zero-order valence-corrected chi connectivity index (χ0v) is 13.7. The first kappa shape index (κ1) is 14.8. The monoisotopic (exact) mass is 280 g/mol. The van der Waals surface area contributed by atoms with Gasteiger partial charge >= 0.3 is 0 Å². The predicted octanol–water partition coefficient (Wildman–Crippen LogP) is 2.65. The summed E-state index contributed by atoms with van der Waals surface area (Å²) in [5.41, 5.74) is 0.502. The lowest BCUT2D eigenvalue weighted by Gasteiger charge is -2.62. The highest BCUT2D eigenvalue weighted by Gasteiger charge is 2.59. The molecule has 5 atom stereocenters. The number of hydrogen-bond acceptors (Lipinski definition) is 3. The molecular weight excluding hydrogens is 248 g/mol. The summed E-state index contributed by atoms with van der Waals surface area (Å²) in [4.78, 5) is 2.51. The minimum absolute atomic E-state index is 0.502. The molecule has 1 aliphatic heterocycles. The van der Waals surface area contributed by atoms with Gasteiger partial charge in [-0.2, -0.15) is 0 Å². The normalized spacial score (nSPS) is 44.1. The van der Waals surface area contributed by atoms with Crippen molar-refractivity contribution in [1.82, 2.24) is 10.2 Å². The third kappa shape index (κ3) is 2.32. The average molecular weight is 280 g/mol. The Morgan fingerprint density at radius 1 is 1.25 bits per heavy atom. The molecule has 1 saturated heterocycles. The Hall–Kier alpha value is -0.120.